The monoisotopic (exact) mass is 214 g/mol. The van der Waals surface area contributed by atoms with Gasteiger partial charge in [0.05, 0.1) is 7.11 Å². The van der Waals surface area contributed by atoms with E-state index in [4.69, 9.17) is 4.74 Å². The average molecular weight is 214 g/mol. The minimum Gasteiger partial charge on any atom is -0.467 e. The molecule has 4 nitrogen and oxygen atoms in total. The Kier molecular flexibility index (Phi) is 4.05. The number of carbonyl (C=O) groups excluding carboxylic acids is 1. The van der Waals surface area contributed by atoms with E-state index in [-0.39, 0.29) is 18.1 Å². The molecule has 0 aliphatic rings. The molecule has 0 spiro atoms. The van der Waals surface area contributed by atoms with Gasteiger partial charge < -0.3 is 14.2 Å². The maximum atomic E-state index is 13.3. The van der Waals surface area contributed by atoms with Crippen LogP contribution in [-0.4, -0.2) is 27.0 Å². The fourth-order valence-electron chi connectivity index (χ4n) is 1.05. The van der Waals surface area contributed by atoms with E-state index in [1.54, 1.807) is 0 Å². The number of ether oxygens (including phenoxy) is 3. The van der Waals surface area contributed by atoms with Gasteiger partial charge in [0.15, 0.2) is 6.79 Å². The summed E-state index contributed by atoms with van der Waals surface area (Å²) >= 11 is 0. The van der Waals surface area contributed by atoms with Gasteiger partial charge in [-0.05, 0) is 12.1 Å². The van der Waals surface area contributed by atoms with Gasteiger partial charge in [0.25, 0.3) is 0 Å². The van der Waals surface area contributed by atoms with Crippen molar-refractivity contribution >= 4 is 5.97 Å². The summed E-state index contributed by atoms with van der Waals surface area (Å²) in [6.07, 6.45) is 0. The van der Waals surface area contributed by atoms with Crippen molar-refractivity contribution in [2.75, 3.05) is 21.0 Å². The number of esters is 1. The zero-order valence-electron chi connectivity index (χ0n) is 8.45. The third-order valence-corrected chi connectivity index (χ3v) is 1.70. The van der Waals surface area contributed by atoms with Crippen LogP contribution in [0, 0.1) is 5.82 Å². The minimum atomic E-state index is -0.779. The zero-order valence-corrected chi connectivity index (χ0v) is 8.45. The summed E-state index contributed by atoms with van der Waals surface area (Å²) in [5.74, 6) is -1.36. The lowest BCUT2D eigenvalue weighted by Gasteiger charge is -2.09. The van der Waals surface area contributed by atoms with E-state index in [0.717, 1.165) is 6.07 Å². The molecule has 0 aliphatic heterocycles. The lowest BCUT2D eigenvalue weighted by Crippen LogP contribution is -2.09. The Morgan fingerprint density at radius 2 is 2.13 bits per heavy atom. The highest BCUT2D eigenvalue weighted by atomic mass is 19.1. The molecule has 0 fully saturated rings. The summed E-state index contributed by atoms with van der Waals surface area (Å²) in [4.78, 5) is 11.2. The Bertz CT molecular complexity index is 351. The highest BCUT2D eigenvalue weighted by Crippen LogP contribution is 2.22. The van der Waals surface area contributed by atoms with E-state index >= 15 is 0 Å². The molecule has 0 unspecified atom stereocenters. The Hall–Kier alpha value is -1.62. The number of hydrogen-bond acceptors (Lipinski definition) is 4. The Labute approximate surface area is 86.6 Å². The number of hydrogen-bond donors (Lipinski definition) is 0. The number of methoxy groups -OCH3 is 2. The first-order valence-corrected chi connectivity index (χ1v) is 4.19. The highest BCUT2D eigenvalue weighted by molar-refractivity contribution is 5.92. The summed E-state index contributed by atoms with van der Waals surface area (Å²) < 4.78 is 27.4. The first-order chi connectivity index (χ1) is 7.20. The first-order valence-electron chi connectivity index (χ1n) is 4.19. The van der Waals surface area contributed by atoms with Crippen LogP contribution in [0.15, 0.2) is 18.2 Å². The molecule has 0 amide bonds. The molecule has 15 heavy (non-hydrogen) atoms. The molecule has 0 saturated carbocycles. The largest absolute Gasteiger partial charge is 0.467 e. The maximum absolute atomic E-state index is 13.3. The smallest absolute Gasteiger partial charge is 0.344 e. The van der Waals surface area contributed by atoms with Crippen LogP contribution in [-0.2, 0) is 9.47 Å². The SMILES string of the molecule is COCOc1cccc(F)c1C(=O)OC. The molecule has 0 aliphatic carbocycles. The average Bonchev–Trinajstić information content (AvgIpc) is 2.25. The summed E-state index contributed by atoms with van der Waals surface area (Å²) in [5.41, 5.74) is -0.225. The summed E-state index contributed by atoms with van der Waals surface area (Å²) in [6, 6.07) is 4.06. The second-order valence-corrected chi connectivity index (χ2v) is 2.66. The standard InChI is InChI=1S/C10H11FO4/c1-13-6-15-8-5-3-4-7(11)9(8)10(12)14-2/h3-5H,6H2,1-2H3. The van der Waals surface area contributed by atoms with Crippen molar-refractivity contribution in [3.63, 3.8) is 0 Å². The maximum Gasteiger partial charge on any atom is 0.344 e. The number of carbonyl (C=O) groups is 1. The Balaban J connectivity index is 3.03. The van der Waals surface area contributed by atoms with Crippen molar-refractivity contribution in [3.05, 3.63) is 29.6 Å². The van der Waals surface area contributed by atoms with Gasteiger partial charge in [-0.25, -0.2) is 9.18 Å². The van der Waals surface area contributed by atoms with Crippen LogP contribution in [0.25, 0.3) is 0 Å². The van der Waals surface area contributed by atoms with Crippen LogP contribution < -0.4 is 4.74 Å². The molecular formula is C10H11FO4. The van der Waals surface area contributed by atoms with Crippen LogP contribution in [0.1, 0.15) is 10.4 Å². The summed E-state index contributed by atoms with van der Waals surface area (Å²) in [7, 11) is 2.60. The lowest BCUT2D eigenvalue weighted by atomic mass is 10.2. The van der Waals surface area contributed by atoms with Gasteiger partial charge in [-0.15, -0.1) is 0 Å². The lowest BCUT2D eigenvalue weighted by molar-refractivity contribution is 0.0459. The van der Waals surface area contributed by atoms with Crippen molar-refractivity contribution in [3.8, 4) is 5.75 Å². The van der Waals surface area contributed by atoms with E-state index < -0.39 is 11.8 Å². The zero-order chi connectivity index (χ0) is 11.3. The van der Waals surface area contributed by atoms with Crippen molar-refractivity contribution in [2.45, 2.75) is 0 Å². The fraction of sp³-hybridized carbons (Fsp3) is 0.300. The van der Waals surface area contributed by atoms with E-state index in [1.807, 2.05) is 0 Å². The summed E-state index contributed by atoms with van der Waals surface area (Å²) in [6.45, 7) is -0.0621. The van der Waals surface area contributed by atoms with Crippen molar-refractivity contribution in [1.82, 2.24) is 0 Å². The number of rotatable bonds is 4. The van der Waals surface area contributed by atoms with Gasteiger partial charge in [0.2, 0.25) is 0 Å². The van der Waals surface area contributed by atoms with Gasteiger partial charge in [-0.2, -0.15) is 0 Å². The first kappa shape index (κ1) is 11.5. The van der Waals surface area contributed by atoms with Gasteiger partial charge in [-0.1, -0.05) is 6.07 Å². The van der Waals surface area contributed by atoms with Crippen molar-refractivity contribution < 1.29 is 23.4 Å². The van der Waals surface area contributed by atoms with Gasteiger partial charge in [0.1, 0.15) is 17.1 Å². The molecule has 0 N–H and O–H groups in total. The molecular weight excluding hydrogens is 203 g/mol. The Morgan fingerprint density at radius 3 is 2.73 bits per heavy atom. The minimum absolute atomic E-state index is 0.0621. The van der Waals surface area contributed by atoms with Crippen LogP contribution in [0.4, 0.5) is 4.39 Å². The topological polar surface area (TPSA) is 44.8 Å². The van der Waals surface area contributed by atoms with Crippen LogP contribution >= 0.6 is 0 Å². The van der Waals surface area contributed by atoms with Crippen LogP contribution in [0.2, 0.25) is 0 Å². The van der Waals surface area contributed by atoms with Gasteiger partial charge >= 0.3 is 5.97 Å². The molecule has 1 aromatic carbocycles. The van der Waals surface area contributed by atoms with E-state index in [0.29, 0.717) is 0 Å². The second kappa shape index (κ2) is 5.31. The van der Waals surface area contributed by atoms with Gasteiger partial charge in [0, 0.05) is 7.11 Å². The molecule has 0 aromatic heterocycles. The van der Waals surface area contributed by atoms with Gasteiger partial charge in [-0.3, -0.25) is 0 Å². The van der Waals surface area contributed by atoms with Crippen molar-refractivity contribution in [2.24, 2.45) is 0 Å². The molecule has 0 bridgehead atoms. The molecule has 0 saturated heterocycles. The normalized spacial score (nSPS) is 9.80. The Morgan fingerprint density at radius 1 is 1.40 bits per heavy atom. The second-order valence-electron chi connectivity index (χ2n) is 2.66. The third-order valence-electron chi connectivity index (χ3n) is 1.70. The molecule has 0 radical (unpaired) electrons. The molecule has 5 heteroatoms. The fourth-order valence-corrected chi connectivity index (χ4v) is 1.05. The van der Waals surface area contributed by atoms with E-state index in [1.165, 1.54) is 26.4 Å². The van der Waals surface area contributed by atoms with E-state index in [9.17, 15) is 9.18 Å². The van der Waals surface area contributed by atoms with Crippen LogP contribution in [0.5, 0.6) is 5.75 Å². The quantitative estimate of drug-likeness (QED) is 0.564. The highest BCUT2D eigenvalue weighted by Gasteiger charge is 2.18. The third kappa shape index (κ3) is 2.66. The molecule has 0 atom stereocenters. The predicted molar refractivity (Wildman–Crippen MR) is 50.2 cm³/mol. The predicted octanol–water partition coefficient (Wildman–Crippen LogP) is 1.59. The number of halogens is 1. The molecule has 82 valence electrons. The van der Waals surface area contributed by atoms with Crippen LogP contribution in [0.3, 0.4) is 0 Å². The molecule has 0 heterocycles. The molecule has 1 aromatic rings. The van der Waals surface area contributed by atoms with E-state index in [2.05, 4.69) is 9.47 Å². The molecule has 1 rings (SSSR count). The number of benzene rings is 1. The van der Waals surface area contributed by atoms with Crippen molar-refractivity contribution in [1.29, 1.82) is 0 Å². The summed E-state index contributed by atoms with van der Waals surface area (Å²) in [5, 5.41) is 0.